The number of halogens is 2. The normalized spacial score (nSPS) is 46.2. The van der Waals surface area contributed by atoms with Gasteiger partial charge in [-0.05, 0) is 79.5 Å². The third-order valence-electron chi connectivity index (χ3n) is 9.58. The number of fused-ring (bicyclic) bond motifs is 5. The van der Waals surface area contributed by atoms with Crippen LogP contribution in [0.5, 0.6) is 0 Å². The fourth-order valence-corrected chi connectivity index (χ4v) is 7.84. The molecule has 2 N–H and O–H groups in total. The summed E-state index contributed by atoms with van der Waals surface area (Å²) < 4.78 is 38.1. The standard InChI is InChI=1S/C26H31F2NO3/c1-23-10-11-25(28)14-24(27)13-18(30)4-3-17(24)8-9-26(25,31)22(23)7-5-19(23)16-2-6-21-20(12-16)29-15-32-21/h2,5-6,12,15,17-18,22,30-31H,3-4,7-11,13-14H2,1H3/t17?,18?,22?,23?,24?,25?,26-/m0/s1. The quantitative estimate of drug-likeness (QED) is 0.609. The number of benzene rings is 1. The highest BCUT2D eigenvalue weighted by Gasteiger charge is 2.69. The molecule has 3 saturated carbocycles. The molecule has 1 aromatic carbocycles. The first kappa shape index (κ1) is 20.8. The molecule has 1 aromatic heterocycles. The average molecular weight is 444 g/mol. The molecule has 3 fully saturated rings. The Bertz CT molecular complexity index is 1100. The van der Waals surface area contributed by atoms with Crippen LogP contribution in [0.25, 0.3) is 16.7 Å². The lowest BCUT2D eigenvalue weighted by Gasteiger charge is -2.56. The molecule has 7 atom stereocenters. The van der Waals surface area contributed by atoms with Gasteiger partial charge in [0, 0.05) is 18.8 Å². The fourth-order valence-electron chi connectivity index (χ4n) is 7.84. The van der Waals surface area contributed by atoms with Gasteiger partial charge in [-0.2, -0.15) is 0 Å². The van der Waals surface area contributed by atoms with Crippen LogP contribution in [-0.4, -0.2) is 38.2 Å². The SMILES string of the molecule is CC12CCC3(F)CC4(F)CC(O)CCC4CC[C@]3(O)C1CC=C2c1ccc2ocnc2c1. The first-order chi connectivity index (χ1) is 15.2. The van der Waals surface area contributed by atoms with Gasteiger partial charge >= 0.3 is 0 Å². The highest BCUT2D eigenvalue weighted by atomic mass is 19.2. The van der Waals surface area contributed by atoms with E-state index in [-0.39, 0.29) is 42.9 Å². The smallest absolute Gasteiger partial charge is 0.181 e. The summed E-state index contributed by atoms with van der Waals surface area (Å²) in [5.74, 6) is -0.590. The van der Waals surface area contributed by atoms with Gasteiger partial charge in [0.05, 0.1) is 6.10 Å². The number of alkyl halides is 2. The lowest BCUT2D eigenvalue weighted by Crippen LogP contribution is -2.63. The topological polar surface area (TPSA) is 66.5 Å². The van der Waals surface area contributed by atoms with Crippen LogP contribution >= 0.6 is 0 Å². The molecule has 1 heterocycles. The van der Waals surface area contributed by atoms with E-state index in [0.29, 0.717) is 32.1 Å². The largest absolute Gasteiger partial charge is 0.443 e. The summed E-state index contributed by atoms with van der Waals surface area (Å²) in [5, 5.41) is 22.1. The van der Waals surface area contributed by atoms with Crippen molar-refractivity contribution >= 4 is 16.7 Å². The van der Waals surface area contributed by atoms with Crippen LogP contribution in [0.4, 0.5) is 8.78 Å². The van der Waals surface area contributed by atoms with Gasteiger partial charge in [-0.3, -0.25) is 0 Å². The highest BCUT2D eigenvalue weighted by Crippen LogP contribution is 2.67. The Hall–Kier alpha value is -1.79. The van der Waals surface area contributed by atoms with E-state index in [1.54, 1.807) is 0 Å². The molecule has 6 rings (SSSR count). The van der Waals surface area contributed by atoms with E-state index >= 15 is 8.78 Å². The minimum atomic E-state index is -1.98. The minimum absolute atomic E-state index is 0.0113. The summed E-state index contributed by atoms with van der Waals surface area (Å²) in [5.41, 5.74) is -2.03. The van der Waals surface area contributed by atoms with Gasteiger partial charge in [-0.1, -0.05) is 19.1 Å². The maximum Gasteiger partial charge on any atom is 0.181 e. The Morgan fingerprint density at radius 2 is 1.97 bits per heavy atom. The van der Waals surface area contributed by atoms with Crippen molar-refractivity contribution in [1.82, 2.24) is 4.98 Å². The second-order valence-corrected chi connectivity index (χ2v) is 11.1. The summed E-state index contributed by atoms with van der Waals surface area (Å²) in [7, 11) is 0. The zero-order chi connectivity index (χ0) is 22.4. The van der Waals surface area contributed by atoms with E-state index in [2.05, 4.69) is 18.0 Å². The van der Waals surface area contributed by atoms with Gasteiger partial charge in [0.1, 0.15) is 22.5 Å². The molecule has 0 bridgehead atoms. The Balaban J connectivity index is 1.37. The second kappa shape index (κ2) is 6.63. The number of allylic oxidation sites excluding steroid dienone is 2. The number of aliphatic hydroxyl groups excluding tert-OH is 1. The Kier molecular flexibility index (Phi) is 4.31. The maximum atomic E-state index is 16.7. The lowest BCUT2D eigenvalue weighted by atomic mass is 9.52. The summed E-state index contributed by atoms with van der Waals surface area (Å²) in [6, 6.07) is 5.91. The predicted molar refractivity (Wildman–Crippen MR) is 117 cm³/mol. The van der Waals surface area contributed by atoms with E-state index in [1.165, 1.54) is 6.39 Å². The molecule has 0 aliphatic heterocycles. The number of nitrogens with zero attached hydrogens (tertiary/aromatic N) is 1. The van der Waals surface area contributed by atoms with Crippen LogP contribution in [0.2, 0.25) is 0 Å². The highest BCUT2D eigenvalue weighted by molar-refractivity contribution is 5.81. The molecule has 0 saturated heterocycles. The molecule has 2 aromatic rings. The van der Waals surface area contributed by atoms with E-state index < -0.39 is 23.0 Å². The number of aliphatic hydroxyl groups is 2. The number of hydrogen-bond acceptors (Lipinski definition) is 4. The van der Waals surface area contributed by atoms with Crippen molar-refractivity contribution in [3.8, 4) is 0 Å². The summed E-state index contributed by atoms with van der Waals surface area (Å²) in [6.07, 6.45) is 5.68. The monoisotopic (exact) mass is 443 g/mol. The van der Waals surface area contributed by atoms with Crippen molar-refractivity contribution < 1.29 is 23.4 Å². The van der Waals surface area contributed by atoms with Crippen LogP contribution in [0.15, 0.2) is 35.1 Å². The summed E-state index contributed by atoms with van der Waals surface area (Å²) in [4.78, 5) is 4.27. The van der Waals surface area contributed by atoms with E-state index in [0.717, 1.165) is 22.2 Å². The zero-order valence-corrected chi connectivity index (χ0v) is 18.5. The summed E-state index contributed by atoms with van der Waals surface area (Å²) >= 11 is 0. The minimum Gasteiger partial charge on any atom is -0.443 e. The van der Waals surface area contributed by atoms with Crippen LogP contribution in [0.3, 0.4) is 0 Å². The van der Waals surface area contributed by atoms with Gasteiger partial charge in [0.15, 0.2) is 12.0 Å². The van der Waals surface area contributed by atoms with Crippen LogP contribution in [0.1, 0.15) is 70.3 Å². The van der Waals surface area contributed by atoms with E-state index in [9.17, 15) is 10.2 Å². The number of hydrogen-bond donors (Lipinski definition) is 2. The maximum absolute atomic E-state index is 16.7. The molecular formula is C26H31F2NO3. The van der Waals surface area contributed by atoms with Crippen molar-refractivity contribution in [2.75, 3.05) is 0 Å². The number of aromatic nitrogens is 1. The number of rotatable bonds is 1. The van der Waals surface area contributed by atoms with Crippen molar-refractivity contribution in [2.24, 2.45) is 17.3 Å². The van der Waals surface area contributed by atoms with E-state index in [1.807, 2.05) is 18.2 Å². The molecular weight excluding hydrogens is 412 g/mol. The fraction of sp³-hybridized carbons (Fsp3) is 0.654. The molecule has 32 heavy (non-hydrogen) atoms. The second-order valence-electron chi connectivity index (χ2n) is 11.1. The molecule has 4 aliphatic carbocycles. The van der Waals surface area contributed by atoms with Crippen molar-refractivity contribution in [3.05, 3.63) is 36.2 Å². The first-order valence-electron chi connectivity index (χ1n) is 12.0. The Morgan fingerprint density at radius 3 is 2.81 bits per heavy atom. The van der Waals surface area contributed by atoms with E-state index in [4.69, 9.17) is 4.42 Å². The van der Waals surface area contributed by atoms with Crippen LogP contribution in [-0.2, 0) is 0 Å². The Morgan fingerprint density at radius 1 is 1.12 bits per heavy atom. The van der Waals surface area contributed by atoms with Crippen LogP contribution in [0, 0.1) is 17.3 Å². The number of oxazole rings is 1. The molecule has 6 heteroatoms. The third-order valence-corrected chi connectivity index (χ3v) is 9.58. The van der Waals surface area contributed by atoms with Gasteiger partial charge in [0.25, 0.3) is 0 Å². The molecule has 6 unspecified atom stereocenters. The van der Waals surface area contributed by atoms with Crippen LogP contribution < -0.4 is 0 Å². The third kappa shape index (κ3) is 2.68. The molecule has 0 amide bonds. The molecule has 172 valence electrons. The van der Waals surface area contributed by atoms with Gasteiger partial charge in [-0.15, -0.1) is 0 Å². The van der Waals surface area contributed by atoms with Crippen molar-refractivity contribution in [1.29, 1.82) is 0 Å². The average Bonchev–Trinajstić information content (AvgIpc) is 3.32. The van der Waals surface area contributed by atoms with Gasteiger partial charge in [-0.25, -0.2) is 13.8 Å². The predicted octanol–water partition coefficient (Wildman–Crippen LogP) is 5.52. The summed E-state index contributed by atoms with van der Waals surface area (Å²) in [6.45, 7) is 2.13. The Labute approximate surface area is 186 Å². The van der Waals surface area contributed by atoms with Gasteiger partial charge in [0.2, 0.25) is 0 Å². The zero-order valence-electron chi connectivity index (χ0n) is 18.5. The van der Waals surface area contributed by atoms with Crippen molar-refractivity contribution in [3.63, 3.8) is 0 Å². The molecule has 0 spiro atoms. The van der Waals surface area contributed by atoms with Gasteiger partial charge < -0.3 is 14.6 Å². The molecule has 4 aliphatic rings. The first-order valence-corrected chi connectivity index (χ1v) is 12.0. The molecule has 4 nitrogen and oxygen atoms in total. The van der Waals surface area contributed by atoms with Crippen molar-refractivity contribution in [2.45, 2.75) is 87.8 Å². The molecule has 0 radical (unpaired) electrons. The lowest BCUT2D eigenvalue weighted by molar-refractivity contribution is -0.201.